The van der Waals surface area contributed by atoms with Crippen LogP contribution in [0.2, 0.25) is 0 Å². The molecule has 0 saturated carbocycles. The lowest BCUT2D eigenvalue weighted by atomic mass is 10.0. The van der Waals surface area contributed by atoms with Gasteiger partial charge in [0.15, 0.2) is 12.4 Å². The van der Waals surface area contributed by atoms with E-state index in [1.54, 1.807) is 47.7 Å². The van der Waals surface area contributed by atoms with Gasteiger partial charge in [-0.1, -0.05) is 36.4 Å². The van der Waals surface area contributed by atoms with Crippen molar-refractivity contribution < 1.29 is 14.3 Å². The Morgan fingerprint density at radius 1 is 0.962 bits per heavy atom. The summed E-state index contributed by atoms with van der Waals surface area (Å²) < 4.78 is 5.51. The summed E-state index contributed by atoms with van der Waals surface area (Å²) >= 11 is 1.60. The molecule has 0 radical (unpaired) electrons. The first-order chi connectivity index (χ1) is 12.6. The van der Waals surface area contributed by atoms with Crippen molar-refractivity contribution in [1.29, 1.82) is 0 Å². The molecular weight excluding hydrogens is 346 g/mol. The minimum Gasteiger partial charge on any atom is -0.484 e. The zero-order valence-corrected chi connectivity index (χ0v) is 15.2. The molecule has 4 nitrogen and oxygen atoms in total. The largest absolute Gasteiger partial charge is 0.484 e. The number of hydrogen-bond donors (Lipinski definition) is 1. The van der Waals surface area contributed by atoms with Gasteiger partial charge in [-0.25, -0.2) is 0 Å². The van der Waals surface area contributed by atoms with Crippen molar-refractivity contribution in [2.45, 2.75) is 13.0 Å². The quantitative estimate of drug-likeness (QED) is 0.637. The molecule has 0 aliphatic rings. The average Bonchev–Trinajstić information content (AvgIpc) is 3.22. The van der Waals surface area contributed by atoms with Gasteiger partial charge in [0, 0.05) is 16.0 Å². The summed E-state index contributed by atoms with van der Waals surface area (Å²) in [5.74, 6) is 0.323. The van der Waals surface area contributed by atoms with Crippen LogP contribution >= 0.6 is 11.3 Å². The van der Waals surface area contributed by atoms with Crippen molar-refractivity contribution in [3.63, 3.8) is 0 Å². The molecule has 0 aliphatic carbocycles. The lowest BCUT2D eigenvalue weighted by Crippen LogP contribution is -2.30. The van der Waals surface area contributed by atoms with Crippen LogP contribution in [0.4, 0.5) is 0 Å². The van der Waals surface area contributed by atoms with E-state index in [4.69, 9.17) is 4.74 Å². The molecular formula is C21H19NO3S. The molecule has 1 amide bonds. The van der Waals surface area contributed by atoms with E-state index in [2.05, 4.69) is 5.32 Å². The van der Waals surface area contributed by atoms with Crippen LogP contribution in [0.3, 0.4) is 0 Å². The highest BCUT2D eigenvalue weighted by atomic mass is 32.1. The highest BCUT2D eigenvalue weighted by molar-refractivity contribution is 7.10. The number of benzene rings is 2. The van der Waals surface area contributed by atoms with E-state index in [-0.39, 0.29) is 24.3 Å². The highest BCUT2D eigenvalue weighted by Crippen LogP contribution is 2.18. The van der Waals surface area contributed by atoms with Crippen molar-refractivity contribution in [3.05, 3.63) is 88.1 Å². The first-order valence-electron chi connectivity index (χ1n) is 8.29. The number of amides is 1. The molecule has 0 spiro atoms. The Kier molecular flexibility index (Phi) is 5.81. The Labute approximate surface area is 156 Å². The van der Waals surface area contributed by atoms with Gasteiger partial charge >= 0.3 is 0 Å². The van der Waals surface area contributed by atoms with Crippen LogP contribution in [0, 0.1) is 0 Å². The number of ketones is 1. The molecule has 3 aromatic rings. The van der Waals surface area contributed by atoms with Crippen LogP contribution in [0.15, 0.2) is 72.1 Å². The third-order valence-corrected chi connectivity index (χ3v) is 4.92. The van der Waals surface area contributed by atoms with Crippen LogP contribution in [-0.2, 0) is 4.79 Å². The fraction of sp³-hybridized carbons (Fsp3) is 0.143. The summed E-state index contributed by atoms with van der Waals surface area (Å²) in [4.78, 5) is 25.4. The van der Waals surface area contributed by atoms with Gasteiger partial charge in [0.1, 0.15) is 5.75 Å². The van der Waals surface area contributed by atoms with E-state index in [1.165, 1.54) is 0 Å². The number of carbonyl (C=O) groups excluding carboxylic acids is 2. The van der Waals surface area contributed by atoms with Crippen LogP contribution in [-0.4, -0.2) is 18.3 Å². The summed E-state index contributed by atoms with van der Waals surface area (Å²) in [6.07, 6.45) is 0. The summed E-state index contributed by atoms with van der Waals surface area (Å²) in [6, 6.07) is 19.8. The maximum absolute atomic E-state index is 12.4. The van der Waals surface area contributed by atoms with E-state index in [9.17, 15) is 9.59 Å². The SMILES string of the molecule is CC(NC(=O)COc1ccc(C(=O)c2ccccc2)cc1)c1cccs1. The standard InChI is InChI=1S/C21H19NO3S/c1-15(19-8-5-13-26-19)22-20(23)14-25-18-11-9-17(10-12-18)21(24)16-6-3-2-4-7-16/h2-13,15H,14H2,1H3,(H,22,23). The van der Waals surface area contributed by atoms with E-state index >= 15 is 0 Å². The number of hydrogen-bond acceptors (Lipinski definition) is 4. The van der Waals surface area contributed by atoms with E-state index in [0.717, 1.165) is 4.88 Å². The Morgan fingerprint density at radius 3 is 2.31 bits per heavy atom. The Hall–Kier alpha value is -2.92. The average molecular weight is 365 g/mol. The Morgan fingerprint density at radius 2 is 1.65 bits per heavy atom. The fourth-order valence-electron chi connectivity index (χ4n) is 2.50. The summed E-state index contributed by atoms with van der Waals surface area (Å²) in [6.45, 7) is 1.87. The summed E-state index contributed by atoms with van der Waals surface area (Å²) in [5, 5.41) is 4.87. The predicted octanol–water partition coefficient (Wildman–Crippen LogP) is 4.24. The van der Waals surface area contributed by atoms with Crippen molar-refractivity contribution in [1.82, 2.24) is 5.32 Å². The second kappa shape index (κ2) is 8.45. The van der Waals surface area contributed by atoms with Gasteiger partial charge in [0.25, 0.3) is 5.91 Å². The first kappa shape index (κ1) is 17.9. The smallest absolute Gasteiger partial charge is 0.258 e. The summed E-state index contributed by atoms with van der Waals surface area (Å²) in [7, 11) is 0. The van der Waals surface area contributed by atoms with Crippen molar-refractivity contribution in [2.75, 3.05) is 6.61 Å². The van der Waals surface area contributed by atoms with Crippen molar-refractivity contribution >= 4 is 23.0 Å². The van der Waals surface area contributed by atoms with E-state index in [1.807, 2.05) is 42.6 Å². The maximum Gasteiger partial charge on any atom is 0.258 e. The van der Waals surface area contributed by atoms with Gasteiger partial charge < -0.3 is 10.1 Å². The fourth-order valence-corrected chi connectivity index (χ4v) is 3.23. The molecule has 2 aromatic carbocycles. The maximum atomic E-state index is 12.4. The predicted molar refractivity (Wildman–Crippen MR) is 103 cm³/mol. The molecule has 1 aromatic heterocycles. The van der Waals surface area contributed by atoms with Gasteiger partial charge in [0.2, 0.25) is 0 Å². The number of nitrogens with one attached hydrogen (secondary N) is 1. The van der Waals surface area contributed by atoms with Crippen LogP contribution < -0.4 is 10.1 Å². The number of carbonyl (C=O) groups is 2. The normalized spacial score (nSPS) is 11.6. The van der Waals surface area contributed by atoms with Crippen LogP contribution in [0.25, 0.3) is 0 Å². The molecule has 26 heavy (non-hydrogen) atoms. The molecule has 132 valence electrons. The third kappa shape index (κ3) is 4.58. The lowest BCUT2D eigenvalue weighted by Gasteiger charge is -2.13. The minimum atomic E-state index is -0.185. The van der Waals surface area contributed by atoms with E-state index < -0.39 is 0 Å². The Bertz CT molecular complexity index is 858. The molecule has 0 fully saturated rings. The zero-order chi connectivity index (χ0) is 18.4. The molecule has 0 saturated heterocycles. The molecule has 1 N–H and O–H groups in total. The second-order valence-electron chi connectivity index (χ2n) is 5.81. The van der Waals surface area contributed by atoms with Crippen molar-refractivity contribution in [2.24, 2.45) is 0 Å². The third-order valence-electron chi connectivity index (χ3n) is 3.87. The number of rotatable bonds is 7. The molecule has 1 atom stereocenters. The number of thiophene rings is 1. The molecule has 1 unspecified atom stereocenters. The highest BCUT2D eigenvalue weighted by Gasteiger charge is 2.12. The van der Waals surface area contributed by atoms with Gasteiger partial charge in [-0.2, -0.15) is 0 Å². The molecule has 3 rings (SSSR count). The van der Waals surface area contributed by atoms with E-state index in [0.29, 0.717) is 16.9 Å². The molecule has 1 heterocycles. The first-order valence-corrected chi connectivity index (χ1v) is 9.17. The second-order valence-corrected chi connectivity index (χ2v) is 6.79. The molecule has 0 aliphatic heterocycles. The monoisotopic (exact) mass is 365 g/mol. The van der Waals surface area contributed by atoms with Gasteiger partial charge in [0.05, 0.1) is 6.04 Å². The summed E-state index contributed by atoms with van der Waals surface area (Å²) in [5.41, 5.74) is 1.22. The minimum absolute atomic E-state index is 0.0420. The lowest BCUT2D eigenvalue weighted by molar-refractivity contribution is -0.123. The van der Waals surface area contributed by atoms with Crippen molar-refractivity contribution in [3.8, 4) is 5.75 Å². The topological polar surface area (TPSA) is 55.4 Å². The Balaban J connectivity index is 1.53. The number of ether oxygens (including phenoxy) is 1. The molecule has 0 bridgehead atoms. The molecule has 5 heteroatoms. The van der Waals surface area contributed by atoms with Gasteiger partial charge in [-0.3, -0.25) is 9.59 Å². The van der Waals surface area contributed by atoms with Gasteiger partial charge in [-0.05, 0) is 42.6 Å². The van der Waals surface area contributed by atoms with Crippen LogP contribution in [0.5, 0.6) is 5.75 Å². The van der Waals surface area contributed by atoms with Gasteiger partial charge in [-0.15, -0.1) is 11.3 Å². The van der Waals surface area contributed by atoms with Crippen LogP contribution in [0.1, 0.15) is 33.8 Å². The zero-order valence-electron chi connectivity index (χ0n) is 14.3.